The Kier molecular flexibility index (Phi) is 5.00. The Hall–Kier alpha value is -1.56. The number of halogens is 1. The van der Waals surface area contributed by atoms with Gasteiger partial charge in [0.25, 0.3) is 0 Å². The number of aliphatic carboxylic acids is 1. The van der Waals surface area contributed by atoms with Gasteiger partial charge in [-0.1, -0.05) is 12.1 Å². The molecule has 0 aliphatic carbocycles. The number of nitrogens with zero attached hydrogens (tertiary/aromatic N) is 1. The second-order valence-electron chi connectivity index (χ2n) is 4.64. The lowest BCUT2D eigenvalue weighted by atomic mass is 10.1. The molecule has 1 aliphatic heterocycles. The van der Waals surface area contributed by atoms with Gasteiger partial charge in [0.2, 0.25) is 5.91 Å². The number of benzene rings is 1. The number of rotatable bonds is 4. The minimum Gasteiger partial charge on any atom is -0.480 e. The topological polar surface area (TPSA) is 57.6 Å². The van der Waals surface area contributed by atoms with E-state index in [0.717, 1.165) is 11.3 Å². The van der Waals surface area contributed by atoms with Crippen LogP contribution < -0.4 is 0 Å². The first kappa shape index (κ1) is 14.8. The van der Waals surface area contributed by atoms with E-state index in [1.807, 2.05) is 0 Å². The van der Waals surface area contributed by atoms with Gasteiger partial charge >= 0.3 is 5.97 Å². The Morgan fingerprint density at radius 3 is 2.70 bits per heavy atom. The van der Waals surface area contributed by atoms with Crippen LogP contribution in [0.25, 0.3) is 0 Å². The molecule has 1 aliphatic rings. The van der Waals surface area contributed by atoms with Crippen molar-refractivity contribution in [2.24, 2.45) is 0 Å². The van der Waals surface area contributed by atoms with Crippen molar-refractivity contribution < 1.29 is 19.1 Å². The highest BCUT2D eigenvalue weighted by atomic mass is 32.2. The lowest BCUT2D eigenvalue weighted by molar-refractivity contribution is -0.149. The zero-order chi connectivity index (χ0) is 14.5. The SMILES string of the molecule is O=C(O)C1CSCCN1C(=O)CCc1ccc(F)cc1. The molecule has 2 rings (SSSR count). The summed E-state index contributed by atoms with van der Waals surface area (Å²) in [6.07, 6.45) is 0.745. The maximum Gasteiger partial charge on any atom is 0.327 e. The first-order valence-electron chi connectivity index (χ1n) is 6.42. The number of carboxylic acid groups (broad SMARTS) is 1. The minimum atomic E-state index is -0.952. The van der Waals surface area contributed by atoms with Crippen LogP contribution in [0, 0.1) is 5.82 Å². The number of carboxylic acids is 1. The van der Waals surface area contributed by atoms with E-state index in [9.17, 15) is 14.0 Å². The molecule has 1 amide bonds. The predicted molar refractivity (Wildman–Crippen MR) is 75.2 cm³/mol. The van der Waals surface area contributed by atoms with Crippen molar-refractivity contribution in [1.29, 1.82) is 0 Å². The summed E-state index contributed by atoms with van der Waals surface area (Å²) >= 11 is 1.55. The van der Waals surface area contributed by atoms with Crippen LogP contribution in [-0.2, 0) is 16.0 Å². The van der Waals surface area contributed by atoms with Gasteiger partial charge in [-0.25, -0.2) is 9.18 Å². The molecule has 1 aromatic carbocycles. The number of thioether (sulfide) groups is 1. The normalized spacial score (nSPS) is 18.9. The summed E-state index contributed by atoms with van der Waals surface area (Å²) in [6, 6.07) is 5.27. The van der Waals surface area contributed by atoms with E-state index in [-0.39, 0.29) is 18.1 Å². The van der Waals surface area contributed by atoms with Gasteiger partial charge in [-0.05, 0) is 24.1 Å². The highest BCUT2D eigenvalue weighted by Crippen LogP contribution is 2.18. The van der Waals surface area contributed by atoms with Crippen LogP contribution in [-0.4, -0.2) is 46.0 Å². The fraction of sp³-hybridized carbons (Fsp3) is 0.429. The summed E-state index contributed by atoms with van der Waals surface area (Å²) in [4.78, 5) is 24.7. The van der Waals surface area contributed by atoms with E-state index >= 15 is 0 Å². The molecule has 6 heteroatoms. The molecule has 4 nitrogen and oxygen atoms in total. The maximum absolute atomic E-state index is 12.8. The standard InChI is InChI=1S/C14H16FNO3S/c15-11-4-1-10(2-5-11)3-6-13(17)16-7-8-20-9-12(16)14(18)19/h1-2,4-5,12H,3,6-9H2,(H,18,19). The van der Waals surface area contributed by atoms with Crippen molar-refractivity contribution in [2.45, 2.75) is 18.9 Å². The van der Waals surface area contributed by atoms with Crippen LogP contribution in [0.4, 0.5) is 4.39 Å². The van der Waals surface area contributed by atoms with Crippen LogP contribution >= 0.6 is 11.8 Å². The van der Waals surface area contributed by atoms with E-state index in [4.69, 9.17) is 5.11 Å². The molecule has 0 spiro atoms. The lowest BCUT2D eigenvalue weighted by Crippen LogP contribution is -2.50. The largest absolute Gasteiger partial charge is 0.480 e. The number of aryl methyl sites for hydroxylation is 1. The van der Waals surface area contributed by atoms with E-state index in [2.05, 4.69) is 0 Å². The number of amides is 1. The van der Waals surface area contributed by atoms with Gasteiger partial charge in [-0.15, -0.1) is 0 Å². The van der Waals surface area contributed by atoms with Crippen LogP contribution in [0.1, 0.15) is 12.0 Å². The average Bonchev–Trinajstić information content (AvgIpc) is 2.46. The molecular weight excluding hydrogens is 281 g/mol. The molecule has 0 aromatic heterocycles. The molecule has 0 radical (unpaired) electrons. The molecule has 108 valence electrons. The molecule has 1 atom stereocenters. The summed E-state index contributed by atoms with van der Waals surface area (Å²) in [6.45, 7) is 0.476. The Balaban J connectivity index is 1.93. The quantitative estimate of drug-likeness (QED) is 0.920. The number of hydrogen-bond donors (Lipinski definition) is 1. The van der Waals surface area contributed by atoms with Gasteiger partial charge in [0.15, 0.2) is 0 Å². The van der Waals surface area contributed by atoms with Crippen molar-refractivity contribution in [3.63, 3.8) is 0 Å². The lowest BCUT2D eigenvalue weighted by Gasteiger charge is -2.32. The smallest absolute Gasteiger partial charge is 0.327 e. The second-order valence-corrected chi connectivity index (χ2v) is 5.79. The third-order valence-electron chi connectivity index (χ3n) is 3.27. The van der Waals surface area contributed by atoms with E-state index < -0.39 is 12.0 Å². The monoisotopic (exact) mass is 297 g/mol. The highest BCUT2D eigenvalue weighted by Gasteiger charge is 2.31. The van der Waals surface area contributed by atoms with Crippen molar-refractivity contribution in [3.8, 4) is 0 Å². The highest BCUT2D eigenvalue weighted by molar-refractivity contribution is 7.99. The molecule has 1 heterocycles. The predicted octanol–water partition coefficient (Wildman–Crippen LogP) is 1.79. The van der Waals surface area contributed by atoms with Gasteiger partial charge in [0.1, 0.15) is 11.9 Å². The summed E-state index contributed by atoms with van der Waals surface area (Å²) in [5.74, 6) is -0.197. The van der Waals surface area contributed by atoms with Crippen molar-refractivity contribution in [2.75, 3.05) is 18.1 Å². The summed E-state index contributed by atoms with van der Waals surface area (Å²) in [5, 5.41) is 9.12. The van der Waals surface area contributed by atoms with Gasteiger partial charge in [0, 0.05) is 24.5 Å². The van der Waals surface area contributed by atoms with E-state index in [0.29, 0.717) is 18.7 Å². The van der Waals surface area contributed by atoms with Crippen LogP contribution in [0.3, 0.4) is 0 Å². The van der Waals surface area contributed by atoms with Crippen LogP contribution in [0.15, 0.2) is 24.3 Å². The molecule has 1 N–H and O–H groups in total. The number of carbonyl (C=O) groups excluding carboxylic acids is 1. The fourth-order valence-electron chi connectivity index (χ4n) is 2.15. The zero-order valence-electron chi connectivity index (χ0n) is 10.9. The zero-order valence-corrected chi connectivity index (χ0v) is 11.7. The third-order valence-corrected chi connectivity index (χ3v) is 4.30. The first-order valence-corrected chi connectivity index (χ1v) is 7.58. The molecule has 1 aromatic rings. The van der Waals surface area contributed by atoms with Crippen molar-refractivity contribution >= 4 is 23.6 Å². The Bertz CT molecular complexity index is 492. The minimum absolute atomic E-state index is 0.151. The van der Waals surface area contributed by atoms with Crippen molar-refractivity contribution in [3.05, 3.63) is 35.6 Å². The molecule has 0 saturated carbocycles. The van der Waals surface area contributed by atoms with Crippen LogP contribution in [0.5, 0.6) is 0 Å². The Labute approximate surface area is 121 Å². The summed E-state index contributed by atoms with van der Waals surface area (Å²) in [5.41, 5.74) is 0.873. The van der Waals surface area contributed by atoms with Crippen molar-refractivity contribution in [1.82, 2.24) is 4.90 Å². The van der Waals surface area contributed by atoms with Gasteiger partial charge in [-0.3, -0.25) is 4.79 Å². The number of hydrogen-bond acceptors (Lipinski definition) is 3. The van der Waals surface area contributed by atoms with E-state index in [1.54, 1.807) is 23.9 Å². The second kappa shape index (κ2) is 6.74. The Morgan fingerprint density at radius 2 is 2.05 bits per heavy atom. The molecule has 0 bridgehead atoms. The molecule has 1 fully saturated rings. The number of carbonyl (C=O) groups is 2. The van der Waals surface area contributed by atoms with E-state index in [1.165, 1.54) is 17.0 Å². The van der Waals surface area contributed by atoms with Crippen LogP contribution in [0.2, 0.25) is 0 Å². The summed E-state index contributed by atoms with van der Waals surface area (Å²) < 4.78 is 12.8. The Morgan fingerprint density at radius 1 is 1.35 bits per heavy atom. The van der Waals surface area contributed by atoms with Gasteiger partial charge < -0.3 is 10.0 Å². The first-order chi connectivity index (χ1) is 9.58. The third kappa shape index (κ3) is 3.72. The molecule has 1 saturated heterocycles. The fourth-order valence-corrected chi connectivity index (χ4v) is 3.19. The molecule has 1 unspecified atom stereocenters. The molecular formula is C14H16FNO3S. The van der Waals surface area contributed by atoms with Gasteiger partial charge in [-0.2, -0.15) is 11.8 Å². The average molecular weight is 297 g/mol. The molecule has 20 heavy (non-hydrogen) atoms. The maximum atomic E-state index is 12.8. The summed E-state index contributed by atoms with van der Waals surface area (Å²) in [7, 11) is 0. The van der Waals surface area contributed by atoms with Gasteiger partial charge in [0.05, 0.1) is 0 Å².